The Labute approximate surface area is 125 Å². The maximum Gasteiger partial charge on any atom is 0.262 e. The Hall–Kier alpha value is -1.26. The highest BCUT2D eigenvalue weighted by molar-refractivity contribution is 5.43. The fourth-order valence-electron chi connectivity index (χ4n) is 2.32. The molecule has 1 rings (SSSR count). The minimum absolute atomic E-state index is 0.0485. The van der Waals surface area contributed by atoms with E-state index in [2.05, 4.69) is 11.9 Å². The lowest BCUT2D eigenvalue weighted by molar-refractivity contribution is 0.0296. The topological polar surface area (TPSA) is 16.1 Å². The number of rotatable bonds is 9. The van der Waals surface area contributed by atoms with E-state index in [9.17, 15) is 13.2 Å². The van der Waals surface area contributed by atoms with Crippen molar-refractivity contribution in [1.82, 2.24) is 4.98 Å². The first-order valence-corrected chi connectivity index (χ1v) is 7.65. The molecule has 0 unspecified atom stereocenters. The molecule has 2 nitrogen and oxygen atoms in total. The summed E-state index contributed by atoms with van der Waals surface area (Å²) in [6.07, 6.45) is 5.78. The SMILES string of the molecule is CCCCCc1ccnc(N(CCC)CC(C)(F)F)c1F. The number of hydrogen-bond donors (Lipinski definition) is 0. The number of aromatic nitrogens is 1. The molecule has 0 aliphatic rings. The first kappa shape index (κ1) is 17.8. The van der Waals surface area contributed by atoms with Crippen LogP contribution in [0.25, 0.3) is 0 Å². The summed E-state index contributed by atoms with van der Waals surface area (Å²) in [6, 6.07) is 1.64. The van der Waals surface area contributed by atoms with Crippen LogP contribution in [0.2, 0.25) is 0 Å². The molecular weight excluding hydrogens is 277 g/mol. The number of unbranched alkanes of at least 4 members (excludes halogenated alkanes) is 2. The smallest absolute Gasteiger partial charge is 0.262 e. The van der Waals surface area contributed by atoms with Gasteiger partial charge in [-0.2, -0.15) is 0 Å². The number of hydrogen-bond acceptors (Lipinski definition) is 2. The molecule has 21 heavy (non-hydrogen) atoms. The van der Waals surface area contributed by atoms with E-state index in [-0.39, 0.29) is 5.82 Å². The summed E-state index contributed by atoms with van der Waals surface area (Å²) in [5.74, 6) is -3.28. The van der Waals surface area contributed by atoms with Crippen molar-refractivity contribution in [3.63, 3.8) is 0 Å². The van der Waals surface area contributed by atoms with E-state index >= 15 is 0 Å². The molecule has 0 aliphatic carbocycles. The van der Waals surface area contributed by atoms with Crippen LogP contribution in [0, 0.1) is 5.82 Å². The summed E-state index contributed by atoms with van der Waals surface area (Å²) < 4.78 is 41.0. The van der Waals surface area contributed by atoms with Gasteiger partial charge in [0.25, 0.3) is 5.92 Å². The van der Waals surface area contributed by atoms with Gasteiger partial charge in [-0.05, 0) is 30.9 Å². The predicted octanol–water partition coefficient (Wildman–Crippen LogP) is 4.83. The summed E-state index contributed by atoms with van der Waals surface area (Å²) in [5, 5.41) is 0. The maximum atomic E-state index is 14.5. The number of nitrogens with zero attached hydrogens (tertiary/aromatic N) is 2. The van der Waals surface area contributed by atoms with Gasteiger partial charge < -0.3 is 4.90 Å². The predicted molar refractivity (Wildman–Crippen MR) is 80.5 cm³/mol. The van der Waals surface area contributed by atoms with Gasteiger partial charge in [0.1, 0.15) is 0 Å². The zero-order valence-electron chi connectivity index (χ0n) is 13.1. The Morgan fingerprint density at radius 2 is 1.90 bits per heavy atom. The highest BCUT2D eigenvalue weighted by Gasteiger charge is 2.27. The van der Waals surface area contributed by atoms with Crippen LogP contribution < -0.4 is 4.90 Å². The Bertz CT molecular complexity index is 430. The Kier molecular flexibility index (Phi) is 6.99. The second-order valence-corrected chi connectivity index (χ2v) is 5.56. The van der Waals surface area contributed by atoms with Crippen LogP contribution in [-0.2, 0) is 6.42 Å². The van der Waals surface area contributed by atoms with Crippen molar-refractivity contribution < 1.29 is 13.2 Å². The van der Waals surface area contributed by atoms with Gasteiger partial charge in [0, 0.05) is 19.7 Å². The molecule has 1 aromatic heterocycles. The lowest BCUT2D eigenvalue weighted by Gasteiger charge is -2.27. The maximum absolute atomic E-state index is 14.5. The zero-order valence-corrected chi connectivity index (χ0v) is 13.1. The van der Waals surface area contributed by atoms with Crippen LogP contribution in [0.15, 0.2) is 12.3 Å². The van der Waals surface area contributed by atoms with Crippen LogP contribution in [0.1, 0.15) is 52.0 Å². The van der Waals surface area contributed by atoms with E-state index < -0.39 is 18.3 Å². The van der Waals surface area contributed by atoms with Gasteiger partial charge in [0.2, 0.25) is 0 Å². The quantitative estimate of drug-likeness (QED) is 0.608. The highest BCUT2D eigenvalue weighted by Crippen LogP contribution is 2.24. The number of halogens is 3. The van der Waals surface area contributed by atoms with Gasteiger partial charge >= 0.3 is 0 Å². The van der Waals surface area contributed by atoms with Crippen LogP contribution in [0.4, 0.5) is 19.0 Å². The third-order valence-corrected chi connectivity index (χ3v) is 3.26. The molecule has 120 valence electrons. The molecule has 0 saturated carbocycles. The average Bonchev–Trinajstić information content (AvgIpc) is 2.39. The summed E-state index contributed by atoms with van der Waals surface area (Å²) in [4.78, 5) is 5.33. The van der Waals surface area contributed by atoms with Gasteiger partial charge in [-0.1, -0.05) is 26.7 Å². The highest BCUT2D eigenvalue weighted by atomic mass is 19.3. The van der Waals surface area contributed by atoms with Gasteiger partial charge in [0.05, 0.1) is 6.54 Å². The lowest BCUT2D eigenvalue weighted by Crippen LogP contribution is -2.36. The molecular formula is C16H25F3N2. The second-order valence-electron chi connectivity index (χ2n) is 5.56. The molecule has 0 bridgehead atoms. The first-order chi connectivity index (χ1) is 9.89. The average molecular weight is 302 g/mol. The van der Waals surface area contributed by atoms with Crippen molar-refractivity contribution in [3.05, 3.63) is 23.6 Å². The Morgan fingerprint density at radius 1 is 1.19 bits per heavy atom. The minimum Gasteiger partial charge on any atom is -0.348 e. The summed E-state index contributed by atoms with van der Waals surface area (Å²) in [5.41, 5.74) is 0.564. The molecule has 0 fully saturated rings. The van der Waals surface area contributed by atoms with E-state index in [1.807, 2.05) is 6.92 Å². The minimum atomic E-state index is -2.87. The number of aryl methyl sites for hydroxylation is 1. The number of anilines is 1. The Balaban J connectivity index is 2.94. The summed E-state index contributed by atoms with van der Waals surface area (Å²) >= 11 is 0. The molecule has 1 heterocycles. The normalized spacial score (nSPS) is 11.7. The van der Waals surface area contributed by atoms with E-state index in [0.717, 1.165) is 26.2 Å². The van der Waals surface area contributed by atoms with Gasteiger partial charge in [-0.25, -0.2) is 18.2 Å². The van der Waals surface area contributed by atoms with Crippen molar-refractivity contribution in [2.24, 2.45) is 0 Å². The van der Waals surface area contributed by atoms with Crippen molar-refractivity contribution in [2.75, 3.05) is 18.0 Å². The molecule has 0 amide bonds. The van der Waals surface area contributed by atoms with Crippen molar-refractivity contribution in [1.29, 1.82) is 0 Å². The number of pyridine rings is 1. The largest absolute Gasteiger partial charge is 0.348 e. The fraction of sp³-hybridized carbons (Fsp3) is 0.688. The van der Waals surface area contributed by atoms with E-state index in [4.69, 9.17) is 0 Å². The zero-order chi connectivity index (χ0) is 15.9. The molecule has 0 aromatic carbocycles. The second kappa shape index (κ2) is 8.25. The van der Waals surface area contributed by atoms with Crippen molar-refractivity contribution in [3.8, 4) is 0 Å². The van der Waals surface area contributed by atoms with Gasteiger partial charge in [-0.3, -0.25) is 0 Å². The molecule has 0 atom stereocenters. The molecule has 5 heteroatoms. The third kappa shape index (κ3) is 5.94. The fourth-order valence-corrected chi connectivity index (χ4v) is 2.32. The van der Waals surface area contributed by atoms with Crippen LogP contribution in [0.3, 0.4) is 0 Å². The molecule has 1 aromatic rings. The third-order valence-electron chi connectivity index (χ3n) is 3.26. The van der Waals surface area contributed by atoms with Crippen LogP contribution >= 0.6 is 0 Å². The monoisotopic (exact) mass is 302 g/mol. The molecule has 0 spiro atoms. The van der Waals surface area contributed by atoms with Gasteiger partial charge in [0.15, 0.2) is 11.6 Å². The summed E-state index contributed by atoms with van der Waals surface area (Å²) in [7, 11) is 0. The Morgan fingerprint density at radius 3 is 2.48 bits per heavy atom. The van der Waals surface area contributed by atoms with E-state index in [1.54, 1.807) is 6.07 Å². The number of alkyl halides is 2. The van der Waals surface area contributed by atoms with Crippen LogP contribution in [-0.4, -0.2) is 24.0 Å². The van der Waals surface area contributed by atoms with E-state index in [0.29, 0.717) is 24.9 Å². The standard InChI is InChI=1S/C16H25F3N2/c1-4-6-7-8-13-9-10-20-15(14(13)17)21(11-5-2)12-16(3,18)19/h9-10H,4-8,11-12H2,1-3H3. The molecule has 0 aliphatic heterocycles. The van der Waals surface area contributed by atoms with Crippen molar-refractivity contribution >= 4 is 5.82 Å². The summed E-state index contributed by atoms with van der Waals surface area (Å²) in [6.45, 7) is 4.66. The van der Waals surface area contributed by atoms with Gasteiger partial charge in [-0.15, -0.1) is 0 Å². The first-order valence-electron chi connectivity index (χ1n) is 7.65. The van der Waals surface area contributed by atoms with E-state index in [1.165, 1.54) is 11.1 Å². The lowest BCUT2D eigenvalue weighted by atomic mass is 10.1. The molecule has 0 radical (unpaired) electrons. The molecule has 0 N–H and O–H groups in total. The van der Waals surface area contributed by atoms with Crippen molar-refractivity contribution in [2.45, 2.75) is 58.8 Å². The van der Waals surface area contributed by atoms with Crippen LogP contribution in [0.5, 0.6) is 0 Å². The molecule has 0 saturated heterocycles.